The smallest absolute Gasteiger partial charge is 0.339 e. The van der Waals surface area contributed by atoms with Crippen LogP contribution in [-0.2, 0) is 0 Å². The fraction of sp³-hybridized carbons (Fsp3) is 0.235. The van der Waals surface area contributed by atoms with Crippen LogP contribution in [0.5, 0.6) is 11.5 Å². The van der Waals surface area contributed by atoms with E-state index in [0.29, 0.717) is 5.75 Å². The van der Waals surface area contributed by atoms with Gasteiger partial charge in [-0.25, -0.2) is 4.79 Å². The highest BCUT2D eigenvalue weighted by Crippen LogP contribution is 2.32. The highest BCUT2D eigenvalue weighted by atomic mass is 16.5. The van der Waals surface area contributed by atoms with Crippen LogP contribution in [0.4, 0.5) is 0 Å². The topological polar surface area (TPSA) is 46.5 Å². The number of carbonyl (C=O) groups is 1. The van der Waals surface area contributed by atoms with Crippen molar-refractivity contribution in [3.63, 3.8) is 0 Å². The summed E-state index contributed by atoms with van der Waals surface area (Å²) in [4.78, 5) is 11.3. The first-order chi connectivity index (χ1) is 9.40. The van der Waals surface area contributed by atoms with Gasteiger partial charge in [0.1, 0.15) is 17.1 Å². The normalized spacial score (nSPS) is 10.4. The zero-order valence-corrected chi connectivity index (χ0v) is 12.2. The lowest BCUT2D eigenvalue weighted by Gasteiger charge is -2.15. The summed E-state index contributed by atoms with van der Waals surface area (Å²) in [6.07, 6.45) is 0. The van der Waals surface area contributed by atoms with Crippen LogP contribution in [0, 0.1) is 27.7 Å². The van der Waals surface area contributed by atoms with E-state index >= 15 is 0 Å². The van der Waals surface area contributed by atoms with Crippen LogP contribution in [0.2, 0.25) is 0 Å². The van der Waals surface area contributed by atoms with Gasteiger partial charge in [0.15, 0.2) is 0 Å². The van der Waals surface area contributed by atoms with Gasteiger partial charge in [0.2, 0.25) is 0 Å². The van der Waals surface area contributed by atoms with Crippen molar-refractivity contribution in [2.75, 3.05) is 0 Å². The summed E-state index contributed by atoms with van der Waals surface area (Å²) in [7, 11) is 0. The summed E-state index contributed by atoms with van der Waals surface area (Å²) >= 11 is 0. The van der Waals surface area contributed by atoms with Crippen molar-refractivity contribution in [3.05, 3.63) is 58.1 Å². The van der Waals surface area contributed by atoms with Gasteiger partial charge in [-0.15, -0.1) is 0 Å². The Kier molecular flexibility index (Phi) is 3.79. The Morgan fingerprint density at radius 1 is 1.00 bits per heavy atom. The molecule has 0 unspecified atom stereocenters. The molecule has 0 bridgehead atoms. The number of benzene rings is 2. The molecule has 3 nitrogen and oxygen atoms in total. The van der Waals surface area contributed by atoms with Gasteiger partial charge in [-0.05, 0) is 56.5 Å². The Balaban J connectivity index is 2.51. The number of hydrogen-bond donors (Lipinski definition) is 1. The SMILES string of the molecule is Cc1ccc(Oc2c(C)ccc(C)c2C)c(C(=O)O)c1. The van der Waals surface area contributed by atoms with E-state index in [-0.39, 0.29) is 5.56 Å². The lowest BCUT2D eigenvalue weighted by Crippen LogP contribution is -2.02. The van der Waals surface area contributed by atoms with Crippen LogP contribution in [0.1, 0.15) is 32.6 Å². The zero-order valence-electron chi connectivity index (χ0n) is 12.2. The van der Waals surface area contributed by atoms with Crippen molar-refractivity contribution in [3.8, 4) is 11.5 Å². The molecule has 1 N–H and O–H groups in total. The molecule has 2 rings (SSSR count). The van der Waals surface area contributed by atoms with E-state index in [9.17, 15) is 9.90 Å². The van der Waals surface area contributed by atoms with Crippen molar-refractivity contribution in [2.45, 2.75) is 27.7 Å². The molecule has 104 valence electrons. The lowest BCUT2D eigenvalue weighted by atomic mass is 10.0. The van der Waals surface area contributed by atoms with E-state index in [0.717, 1.165) is 28.0 Å². The first-order valence-electron chi connectivity index (χ1n) is 6.48. The van der Waals surface area contributed by atoms with E-state index in [1.54, 1.807) is 12.1 Å². The third-order valence-corrected chi connectivity index (χ3v) is 3.45. The van der Waals surface area contributed by atoms with Crippen molar-refractivity contribution < 1.29 is 14.6 Å². The summed E-state index contributed by atoms with van der Waals surface area (Å²) in [5.74, 6) is 0.128. The number of carboxylic acids is 1. The lowest BCUT2D eigenvalue weighted by molar-refractivity contribution is 0.0694. The predicted molar refractivity (Wildman–Crippen MR) is 78.9 cm³/mol. The Morgan fingerprint density at radius 2 is 1.65 bits per heavy atom. The van der Waals surface area contributed by atoms with Crippen LogP contribution in [0.25, 0.3) is 0 Å². The molecule has 0 aliphatic heterocycles. The monoisotopic (exact) mass is 270 g/mol. The molecular formula is C17H18O3. The number of hydrogen-bond acceptors (Lipinski definition) is 2. The molecule has 0 aliphatic carbocycles. The van der Waals surface area contributed by atoms with Crippen LogP contribution in [0.15, 0.2) is 30.3 Å². The third kappa shape index (κ3) is 2.67. The second kappa shape index (κ2) is 5.37. The maximum atomic E-state index is 11.3. The maximum absolute atomic E-state index is 11.3. The van der Waals surface area contributed by atoms with Gasteiger partial charge in [-0.3, -0.25) is 0 Å². The first-order valence-corrected chi connectivity index (χ1v) is 6.48. The molecule has 0 amide bonds. The van der Waals surface area contributed by atoms with E-state index in [2.05, 4.69) is 0 Å². The number of ether oxygens (including phenoxy) is 1. The molecular weight excluding hydrogens is 252 g/mol. The van der Waals surface area contributed by atoms with Gasteiger partial charge in [0.05, 0.1) is 0 Å². The van der Waals surface area contributed by atoms with Crippen molar-refractivity contribution in [2.24, 2.45) is 0 Å². The average molecular weight is 270 g/mol. The minimum absolute atomic E-state index is 0.185. The number of aromatic carboxylic acids is 1. The summed E-state index contributed by atoms with van der Waals surface area (Å²) in [6, 6.07) is 9.19. The Morgan fingerprint density at radius 3 is 2.30 bits per heavy atom. The van der Waals surface area contributed by atoms with Crippen LogP contribution < -0.4 is 4.74 Å². The Labute approximate surface area is 118 Å². The quantitative estimate of drug-likeness (QED) is 0.898. The molecule has 2 aromatic rings. The van der Waals surface area contributed by atoms with Gasteiger partial charge >= 0.3 is 5.97 Å². The Hall–Kier alpha value is -2.29. The largest absolute Gasteiger partial charge is 0.478 e. The van der Waals surface area contributed by atoms with Crippen molar-refractivity contribution in [1.29, 1.82) is 0 Å². The summed E-state index contributed by atoms with van der Waals surface area (Å²) in [5.41, 5.74) is 4.22. The molecule has 3 heteroatoms. The average Bonchev–Trinajstić information content (AvgIpc) is 2.40. The summed E-state index contributed by atoms with van der Waals surface area (Å²) in [6.45, 7) is 7.80. The molecule has 0 aliphatic rings. The molecule has 0 saturated heterocycles. The van der Waals surface area contributed by atoms with Gasteiger partial charge in [0.25, 0.3) is 0 Å². The highest BCUT2D eigenvalue weighted by Gasteiger charge is 2.15. The fourth-order valence-electron chi connectivity index (χ4n) is 2.09. The predicted octanol–water partition coefficient (Wildman–Crippen LogP) is 4.41. The zero-order chi connectivity index (χ0) is 14.9. The number of rotatable bonds is 3. The summed E-state index contributed by atoms with van der Waals surface area (Å²) in [5, 5.41) is 9.28. The van der Waals surface area contributed by atoms with Gasteiger partial charge < -0.3 is 9.84 Å². The molecule has 20 heavy (non-hydrogen) atoms. The van der Waals surface area contributed by atoms with E-state index in [1.165, 1.54) is 0 Å². The molecule has 0 radical (unpaired) electrons. The minimum atomic E-state index is -0.980. The molecule has 0 atom stereocenters. The van der Waals surface area contributed by atoms with Gasteiger partial charge in [0, 0.05) is 0 Å². The van der Waals surface area contributed by atoms with E-state index in [4.69, 9.17) is 4.74 Å². The standard InChI is InChI=1S/C17H18O3/c1-10-5-8-15(14(9-10)17(18)19)20-16-12(3)7-6-11(2)13(16)4/h5-9H,1-4H3,(H,18,19). The van der Waals surface area contributed by atoms with E-state index in [1.807, 2.05) is 45.9 Å². The van der Waals surface area contributed by atoms with Crippen LogP contribution in [-0.4, -0.2) is 11.1 Å². The fourth-order valence-corrected chi connectivity index (χ4v) is 2.09. The number of aryl methyl sites for hydroxylation is 3. The van der Waals surface area contributed by atoms with Gasteiger partial charge in [-0.1, -0.05) is 23.8 Å². The highest BCUT2D eigenvalue weighted by molar-refractivity contribution is 5.91. The molecule has 0 aromatic heterocycles. The van der Waals surface area contributed by atoms with Crippen molar-refractivity contribution >= 4 is 5.97 Å². The van der Waals surface area contributed by atoms with Crippen LogP contribution in [0.3, 0.4) is 0 Å². The Bertz CT molecular complexity index is 672. The third-order valence-electron chi connectivity index (χ3n) is 3.45. The van der Waals surface area contributed by atoms with Gasteiger partial charge in [-0.2, -0.15) is 0 Å². The molecule has 0 fully saturated rings. The van der Waals surface area contributed by atoms with Crippen molar-refractivity contribution in [1.82, 2.24) is 0 Å². The second-order valence-corrected chi connectivity index (χ2v) is 5.06. The minimum Gasteiger partial charge on any atom is -0.478 e. The van der Waals surface area contributed by atoms with E-state index < -0.39 is 5.97 Å². The maximum Gasteiger partial charge on any atom is 0.339 e. The molecule has 2 aromatic carbocycles. The molecule has 0 spiro atoms. The van der Waals surface area contributed by atoms with Crippen LogP contribution >= 0.6 is 0 Å². The number of carboxylic acid groups (broad SMARTS) is 1. The molecule has 0 heterocycles. The first kappa shape index (κ1) is 14.1. The summed E-state index contributed by atoms with van der Waals surface area (Å²) < 4.78 is 5.89. The second-order valence-electron chi connectivity index (χ2n) is 5.06. The molecule has 0 saturated carbocycles.